The molecule has 1 aliphatic heterocycles. The smallest absolute Gasteiger partial charge is 0.253 e. The Morgan fingerprint density at radius 1 is 1.03 bits per heavy atom. The van der Waals surface area contributed by atoms with E-state index < -0.39 is 11.6 Å². The third kappa shape index (κ3) is 6.02. The number of likely N-dealkylation sites (tertiary alicyclic amines) is 1. The number of hydrogen-bond acceptors (Lipinski definition) is 2. The molecule has 30 heavy (non-hydrogen) atoms. The summed E-state index contributed by atoms with van der Waals surface area (Å²) in [7, 11) is 0. The molecule has 2 aromatic rings. The Kier molecular flexibility index (Phi) is 7.76. The van der Waals surface area contributed by atoms with E-state index in [1.165, 1.54) is 12.5 Å². The first-order valence-electron chi connectivity index (χ1n) is 10.4. The summed E-state index contributed by atoms with van der Waals surface area (Å²) >= 11 is 0. The van der Waals surface area contributed by atoms with Gasteiger partial charge in [-0.05, 0) is 62.1 Å². The maximum Gasteiger partial charge on any atom is 0.253 e. The molecule has 0 aliphatic carbocycles. The van der Waals surface area contributed by atoms with Crippen LogP contribution >= 0.6 is 0 Å². The minimum atomic E-state index is -0.477. The van der Waals surface area contributed by atoms with Gasteiger partial charge in [0.1, 0.15) is 11.6 Å². The van der Waals surface area contributed by atoms with E-state index in [9.17, 15) is 13.6 Å². The molecule has 0 spiro atoms. The van der Waals surface area contributed by atoms with Gasteiger partial charge in [-0.15, -0.1) is 0 Å². The molecular formula is C23H28F2N4O. The van der Waals surface area contributed by atoms with Crippen molar-refractivity contribution in [1.82, 2.24) is 15.5 Å². The predicted octanol–water partition coefficient (Wildman–Crippen LogP) is 3.85. The highest BCUT2D eigenvalue weighted by atomic mass is 19.1. The highest BCUT2D eigenvalue weighted by Gasteiger charge is 2.17. The minimum absolute atomic E-state index is 0.0804. The molecule has 0 saturated carbocycles. The van der Waals surface area contributed by atoms with E-state index in [0.717, 1.165) is 43.6 Å². The van der Waals surface area contributed by atoms with Gasteiger partial charge in [-0.3, -0.25) is 4.79 Å². The van der Waals surface area contributed by atoms with Crippen molar-refractivity contribution < 1.29 is 13.6 Å². The second-order valence-electron chi connectivity index (χ2n) is 7.33. The lowest BCUT2D eigenvalue weighted by molar-refractivity contribution is 0.0724. The summed E-state index contributed by atoms with van der Waals surface area (Å²) < 4.78 is 27.1. The second kappa shape index (κ2) is 10.7. The zero-order valence-electron chi connectivity index (χ0n) is 17.3. The highest BCUT2D eigenvalue weighted by Crippen LogP contribution is 2.14. The van der Waals surface area contributed by atoms with Crippen molar-refractivity contribution in [2.24, 2.45) is 4.99 Å². The van der Waals surface area contributed by atoms with Gasteiger partial charge < -0.3 is 15.5 Å². The van der Waals surface area contributed by atoms with Gasteiger partial charge in [0.2, 0.25) is 0 Å². The van der Waals surface area contributed by atoms with Crippen LogP contribution in [0.1, 0.15) is 47.7 Å². The molecule has 1 aliphatic rings. The monoisotopic (exact) mass is 414 g/mol. The van der Waals surface area contributed by atoms with Gasteiger partial charge in [0.05, 0.1) is 6.54 Å². The van der Waals surface area contributed by atoms with Crippen molar-refractivity contribution >= 4 is 11.9 Å². The number of guanidine groups is 1. The quantitative estimate of drug-likeness (QED) is 0.558. The van der Waals surface area contributed by atoms with Crippen LogP contribution in [0.5, 0.6) is 0 Å². The summed E-state index contributed by atoms with van der Waals surface area (Å²) in [5, 5.41) is 6.11. The van der Waals surface area contributed by atoms with Crippen molar-refractivity contribution in [3.8, 4) is 0 Å². The fourth-order valence-electron chi connectivity index (χ4n) is 3.40. The number of carbonyl (C=O) groups excluding carboxylic acids is 1. The molecule has 2 N–H and O–H groups in total. The predicted molar refractivity (Wildman–Crippen MR) is 114 cm³/mol. The summed E-state index contributed by atoms with van der Waals surface area (Å²) in [6.45, 7) is 4.75. The molecule has 0 aromatic heterocycles. The van der Waals surface area contributed by atoms with E-state index in [1.807, 2.05) is 36.1 Å². The van der Waals surface area contributed by atoms with Gasteiger partial charge in [-0.1, -0.05) is 12.1 Å². The maximum absolute atomic E-state index is 13.8. The van der Waals surface area contributed by atoms with Crippen LogP contribution in [-0.4, -0.2) is 36.4 Å². The Balaban J connectivity index is 1.59. The topological polar surface area (TPSA) is 56.7 Å². The Labute approximate surface area is 176 Å². The van der Waals surface area contributed by atoms with Gasteiger partial charge in [0, 0.05) is 37.3 Å². The number of hydrogen-bond donors (Lipinski definition) is 2. The number of benzene rings is 2. The lowest BCUT2D eigenvalue weighted by Gasteiger charge is -2.26. The van der Waals surface area contributed by atoms with Crippen LogP contribution in [0.3, 0.4) is 0 Å². The second-order valence-corrected chi connectivity index (χ2v) is 7.33. The van der Waals surface area contributed by atoms with E-state index in [-0.39, 0.29) is 18.0 Å². The number of nitrogens with one attached hydrogen (secondary N) is 2. The number of amides is 1. The summed E-state index contributed by atoms with van der Waals surface area (Å²) in [5.41, 5.74) is 1.89. The third-order valence-electron chi connectivity index (χ3n) is 5.06. The van der Waals surface area contributed by atoms with Crippen LogP contribution in [0.25, 0.3) is 0 Å². The minimum Gasteiger partial charge on any atom is -0.357 e. The maximum atomic E-state index is 13.8. The third-order valence-corrected chi connectivity index (χ3v) is 5.06. The number of halogens is 2. The Bertz CT molecular complexity index is 877. The van der Waals surface area contributed by atoms with Crippen molar-refractivity contribution in [3.63, 3.8) is 0 Å². The van der Waals surface area contributed by atoms with Gasteiger partial charge >= 0.3 is 0 Å². The van der Waals surface area contributed by atoms with Crippen LogP contribution in [0.4, 0.5) is 8.78 Å². The van der Waals surface area contributed by atoms with Gasteiger partial charge in [0.15, 0.2) is 5.96 Å². The summed E-state index contributed by atoms with van der Waals surface area (Å²) in [4.78, 5) is 19.0. The molecule has 5 nitrogen and oxygen atoms in total. The zero-order valence-corrected chi connectivity index (χ0v) is 17.3. The molecule has 0 bridgehead atoms. The number of nitrogens with zero attached hydrogens (tertiary/aromatic N) is 2. The molecule has 2 aromatic carbocycles. The Morgan fingerprint density at radius 3 is 2.47 bits per heavy atom. The number of aliphatic imine (C=N–C) groups is 1. The molecule has 3 rings (SSSR count). The molecule has 160 valence electrons. The molecule has 1 heterocycles. The van der Waals surface area contributed by atoms with Crippen LogP contribution < -0.4 is 10.6 Å². The largest absolute Gasteiger partial charge is 0.357 e. The normalized spacial score (nSPS) is 14.5. The van der Waals surface area contributed by atoms with Gasteiger partial charge in [-0.25, -0.2) is 13.8 Å². The number of piperidine rings is 1. The van der Waals surface area contributed by atoms with Crippen LogP contribution in [-0.2, 0) is 13.1 Å². The molecule has 1 saturated heterocycles. The van der Waals surface area contributed by atoms with E-state index >= 15 is 0 Å². The van der Waals surface area contributed by atoms with E-state index in [0.29, 0.717) is 24.6 Å². The molecule has 1 fully saturated rings. The number of carbonyl (C=O) groups is 1. The van der Waals surface area contributed by atoms with Crippen LogP contribution in [0, 0.1) is 11.6 Å². The fourth-order valence-corrected chi connectivity index (χ4v) is 3.40. The average Bonchev–Trinajstić information content (AvgIpc) is 2.78. The molecular weight excluding hydrogens is 386 g/mol. The zero-order chi connectivity index (χ0) is 21.3. The van der Waals surface area contributed by atoms with Crippen LogP contribution in [0.2, 0.25) is 0 Å². The van der Waals surface area contributed by atoms with Crippen molar-refractivity contribution in [2.75, 3.05) is 19.6 Å². The van der Waals surface area contributed by atoms with E-state index in [4.69, 9.17) is 0 Å². The van der Waals surface area contributed by atoms with Gasteiger partial charge in [-0.2, -0.15) is 0 Å². The van der Waals surface area contributed by atoms with Crippen molar-refractivity contribution in [3.05, 3.63) is 70.8 Å². The first-order chi connectivity index (χ1) is 14.6. The standard InChI is InChI=1S/C23H28F2N4O/c1-2-26-23(28-16-19-14-20(24)10-11-21(19)25)27-15-17-6-8-18(9-7-17)22(30)29-12-4-3-5-13-29/h6-11,14H,2-5,12-13,15-16H2,1H3,(H2,26,27,28). The Morgan fingerprint density at radius 2 is 1.77 bits per heavy atom. The van der Waals surface area contributed by atoms with Gasteiger partial charge in [0.25, 0.3) is 5.91 Å². The van der Waals surface area contributed by atoms with Crippen molar-refractivity contribution in [1.29, 1.82) is 0 Å². The average molecular weight is 414 g/mol. The summed E-state index contributed by atoms with van der Waals surface area (Å²) in [6.07, 6.45) is 3.32. The molecule has 7 heteroatoms. The molecule has 0 radical (unpaired) electrons. The van der Waals surface area contributed by atoms with E-state index in [2.05, 4.69) is 15.6 Å². The SMILES string of the molecule is CCNC(=NCc1ccc(C(=O)N2CCCCC2)cc1)NCc1cc(F)ccc1F. The molecule has 0 atom stereocenters. The Hall–Kier alpha value is -2.96. The van der Waals surface area contributed by atoms with Crippen molar-refractivity contribution in [2.45, 2.75) is 39.3 Å². The lowest BCUT2D eigenvalue weighted by Crippen LogP contribution is -2.37. The van der Waals surface area contributed by atoms with E-state index in [1.54, 1.807) is 0 Å². The number of rotatable bonds is 6. The summed E-state index contributed by atoms with van der Waals surface area (Å²) in [6, 6.07) is 10.9. The summed E-state index contributed by atoms with van der Waals surface area (Å²) in [5.74, 6) is -0.352. The lowest BCUT2D eigenvalue weighted by atomic mass is 10.1. The first kappa shape index (κ1) is 21.7. The highest BCUT2D eigenvalue weighted by molar-refractivity contribution is 5.94. The molecule has 0 unspecified atom stereocenters. The fraction of sp³-hybridized carbons (Fsp3) is 0.391. The first-order valence-corrected chi connectivity index (χ1v) is 10.4. The van der Waals surface area contributed by atoms with Crippen LogP contribution in [0.15, 0.2) is 47.5 Å². The molecule has 1 amide bonds.